The molecular weight excluding hydrogens is 252 g/mol. The summed E-state index contributed by atoms with van der Waals surface area (Å²) in [5.41, 5.74) is 7.45. The van der Waals surface area contributed by atoms with Gasteiger partial charge in [-0.1, -0.05) is 17.7 Å². The lowest BCUT2D eigenvalue weighted by Crippen LogP contribution is -2.30. The van der Waals surface area contributed by atoms with E-state index < -0.39 is 0 Å². The smallest absolute Gasteiger partial charge is 0.122 e. The lowest BCUT2D eigenvalue weighted by molar-refractivity contribution is 0.405. The molecule has 3 N–H and O–H groups in total. The standard InChI is InChI=1S/C15H22N4O/c1-10-5-6-15(20-4)12(7-10)8-14(18-16)13-9-17-19(3)11(13)2/h5-7,9,14,18H,8,16H2,1-4H3. The van der Waals surface area contributed by atoms with Crippen LogP contribution in [0.2, 0.25) is 0 Å². The van der Waals surface area contributed by atoms with Crippen LogP contribution in [0.15, 0.2) is 24.4 Å². The number of aromatic nitrogens is 2. The van der Waals surface area contributed by atoms with E-state index >= 15 is 0 Å². The summed E-state index contributed by atoms with van der Waals surface area (Å²) in [6.45, 7) is 4.11. The van der Waals surface area contributed by atoms with Crippen molar-refractivity contribution in [3.63, 3.8) is 0 Å². The Morgan fingerprint density at radius 1 is 1.40 bits per heavy atom. The molecule has 1 aromatic carbocycles. The van der Waals surface area contributed by atoms with Gasteiger partial charge >= 0.3 is 0 Å². The maximum atomic E-state index is 5.73. The topological polar surface area (TPSA) is 65.1 Å². The molecule has 0 bridgehead atoms. The largest absolute Gasteiger partial charge is 0.496 e. The van der Waals surface area contributed by atoms with Gasteiger partial charge in [0.15, 0.2) is 0 Å². The Kier molecular flexibility index (Phi) is 4.42. The van der Waals surface area contributed by atoms with Crippen LogP contribution < -0.4 is 16.0 Å². The van der Waals surface area contributed by atoms with E-state index in [4.69, 9.17) is 10.6 Å². The number of nitrogens with zero attached hydrogens (tertiary/aromatic N) is 2. The molecule has 2 rings (SSSR count). The van der Waals surface area contributed by atoms with Gasteiger partial charge in [-0.25, -0.2) is 0 Å². The van der Waals surface area contributed by atoms with Crippen LogP contribution in [-0.4, -0.2) is 16.9 Å². The van der Waals surface area contributed by atoms with Crippen molar-refractivity contribution in [2.75, 3.05) is 7.11 Å². The Balaban J connectivity index is 2.31. The number of nitrogens with one attached hydrogen (secondary N) is 1. The fourth-order valence-corrected chi connectivity index (χ4v) is 2.40. The molecule has 0 radical (unpaired) electrons. The van der Waals surface area contributed by atoms with E-state index in [0.29, 0.717) is 0 Å². The van der Waals surface area contributed by atoms with Crippen molar-refractivity contribution in [2.45, 2.75) is 26.3 Å². The van der Waals surface area contributed by atoms with Crippen LogP contribution in [0.1, 0.15) is 28.4 Å². The summed E-state index contributed by atoms with van der Waals surface area (Å²) in [5.74, 6) is 6.62. The molecule has 0 spiro atoms. The second kappa shape index (κ2) is 6.07. The van der Waals surface area contributed by atoms with E-state index in [0.717, 1.165) is 29.0 Å². The van der Waals surface area contributed by atoms with E-state index in [9.17, 15) is 0 Å². The maximum absolute atomic E-state index is 5.73. The van der Waals surface area contributed by atoms with Crippen LogP contribution in [0, 0.1) is 13.8 Å². The van der Waals surface area contributed by atoms with E-state index in [1.54, 1.807) is 7.11 Å². The number of hydrogen-bond acceptors (Lipinski definition) is 4. The van der Waals surface area contributed by atoms with E-state index in [1.807, 2.05) is 37.0 Å². The van der Waals surface area contributed by atoms with Gasteiger partial charge in [0.05, 0.1) is 19.3 Å². The van der Waals surface area contributed by atoms with Crippen molar-refractivity contribution < 1.29 is 4.74 Å². The van der Waals surface area contributed by atoms with Crippen LogP contribution in [0.3, 0.4) is 0 Å². The van der Waals surface area contributed by atoms with Crippen LogP contribution >= 0.6 is 0 Å². The molecule has 1 atom stereocenters. The first-order valence-electron chi connectivity index (χ1n) is 6.65. The predicted octanol–water partition coefficient (Wildman–Crippen LogP) is 1.79. The Bertz CT molecular complexity index is 592. The summed E-state index contributed by atoms with van der Waals surface area (Å²) >= 11 is 0. The molecule has 0 saturated carbocycles. The van der Waals surface area contributed by atoms with Crippen LogP contribution in [0.25, 0.3) is 0 Å². The minimum Gasteiger partial charge on any atom is -0.496 e. The summed E-state index contributed by atoms with van der Waals surface area (Å²) < 4.78 is 7.28. The van der Waals surface area contributed by atoms with Gasteiger partial charge in [-0.15, -0.1) is 0 Å². The van der Waals surface area contributed by atoms with Gasteiger partial charge in [0, 0.05) is 18.3 Å². The highest BCUT2D eigenvalue weighted by Crippen LogP contribution is 2.27. The molecule has 5 heteroatoms. The Hall–Kier alpha value is -1.85. The molecule has 0 aliphatic heterocycles. The summed E-state index contributed by atoms with van der Waals surface area (Å²) in [6, 6.07) is 6.19. The molecule has 1 unspecified atom stereocenters. The third-order valence-electron chi connectivity index (χ3n) is 3.71. The van der Waals surface area contributed by atoms with Crippen LogP contribution in [0.4, 0.5) is 0 Å². The number of benzene rings is 1. The molecule has 0 aliphatic carbocycles. The molecule has 108 valence electrons. The first kappa shape index (κ1) is 14.6. The van der Waals surface area contributed by atoms with Gasteiger partial charge in [0.1, 0.15) is 5.75 Å². The zero-order valence-corrected chi connectivity index (χ0v) is 12.5. The molecule has 0 aliphatic rings. The van der Waals surface area contributed by atoms with Gasteiger partial charge in [-0.2, -0.15) is 5.10 Å². The summed E-state index contributed by atoms with van der Waals surface area (Å²) in [4.78, 5) is 0. The molecule has 20 heavy (non-hydrogen) atoms. The van der Waals surface area contributed by atoms with Gasteiger partial charge < -0.3 is 4.74 Å². The van der Waals surface area contributed by atoms with E-state index in [1.165, 1.54) is 5.56 Å². The van der Waals surface area contributed by atoms with Crippen molar-refractivity contribution in [3.8, 4) is 5.75 Å². The van der Waals surface area contributed by atoms with Crippen molar-refractivity contribution >= 4 is 0 Å². The average molecular weight is 274 g/mol. The van der Waals surface area contributed by atoms with E-state index in [2.05, 4.69) is 23.5 Å². The Morgan fingerprint density at radius 2 is 2.15 bits per heavy atom. The zero-order valence-electron chi connectivity index (χ0n) is 12.5. The van der Waals surface area contributed by atoms with Crippen molar-refractivity contribution in [3.05, 3.63) is 46.8 Å². The number of methoxy groups -OCH3 is 1. The highest BCUT2D eigenvalue weighted by molar-refractivity contribution is 5.38. The van der Waals surface area contributed by atoms with Crippen molar-refractivity contribution in [2.24, 2.45) is 12.9 Å². The number of hydrogen-bond donors (Lipinski definition) is 2. The molecule has 1 heterocycles. The number of nitrogens with two attached hydrogens (primary N) is 1. The van der Waals surface area contributed by atoms with Gasteiger partial charge in [0.2, 0.25) is 0 Å². The number of rotatable bonds is 5. The fraction of sp³-hybridized carbons (Fsp3) is 0.400. The summed E-state index contributed by atoms with van der Waals surface area (Å²) in [5, 5.41) is 4.28. The second-order valence-electron chi connectivity index (χ2n) is 5.05. The maximum Gasteiger partial charge on any atom is 0.122 e. The normalized spacial score (nSPS) is 12.4. The first-order chi connectivity index (χ1) is 9.56. The quantitative estimate of drug-likeness (QED) is 0.644. The molecular formula is C15H22N4O. The fourth-order valence-electron chi connectivity index (χ4n) is 2.40. The van der Waals surface area contributed by atoms with Gasteiger partial charge in [0.25, 0.3) is 0 Å². The summed E-state index contributed by atoms with van der Waals surface area (Å²) in [7, 11) is 3.62. The monoisotopic (exact) mass is 274 g/mol. The minimum atomic E-state index is 0.0133. The number of ether oxygens (including phenoxy) is 1. The minimum absolute atomic E-state index is 0.0133. The van der Waals surface area contributed by atoms with Crippen LogP contribution in [-0.2, 0) is 13.5 Å². The van der Waals surface area contributed by atoms with E-state index in [-0.39, 0.29) is 6.04 Å². The summed E-state index contributed by atoms with van der Waals surface area (Å²) in [6.07, 6.45) is 2.62. The molecule has 2 aromatic rings. The van der Waals surface area contributed by atoms with Gasteiger partial charge in [-0.05, 0) is 31.9 Å². The molecule has 1 aromatic heterocycles. The van der Waals surface area contributed by atoms with Gasteiger partial charge in [-0.3, -0.25) is 16.0 Å². The Morgan fingerprint density at radius 3 is 2.70 bits per heavy atom. The molecule has 0 fully saturated rings. The lowest BCUT2D eigenvalue weighted by Gasteiger charge is -2.18. The number of aryl methyl sites for hydroxylation is 2. The molecule has 5 nitrogen and oxygen atoms in total. The SMILES string of the molecule is COc1ccc(C)cc1CC(NN)c1cnn(C)c1C. The average Bonchev–Trinajstić information content (AvgIpc) is 2.77. The number of hydrazine groups is 1. The highest BCUT2D eigenvalue weighted by atomic mass is 16.5. The lowest BCUT2D eigenvalue weighted by atomic mass is 9.98. The van der Waals surface area contributed by atoms with Crippen LogP contribution in [0.5, 0.6) is 5.75 Å². The predicted molar refractivity (Wildman–Crippen MR) is 79.4 cm³/mol. The zero-order chi connectivity index (χ0) is 14.7. The van der Waals surface area contributed by atoms with Crippen molar-refractivity contribution in [1.82, 2.24) is 15.2 Å². The van der Waals surface area contributed by atoms with Crippen molar-refractivity contribution in [1.29, 1.82) is 0 Å². The first-order valence-corrected chi connectivity index (χ1v) is 6.65. The Labute approximate surface area is 119 Å². The second-order valence-corrected chi connectivity index (χ2v) is 5.05. The third-order valence-corrected chi connectivity index (χ3v) is 3.71. The molecule has 0 saturated heterocycles. The third kappa shape index (κ3) is 2.84. The highest BCUT2D eigenvalue weighted by Gasteiger charge is 2.18. The molecule has 0 amide bonds.